The number of aliphatic hydroxyl groups is 2. The molecule has 3 rings (SSSR count). The zero-order valence-electron chi connectivity index (χ0n) is 13.9. The Morgan fingerprint density at radius 1 is 1.32 bits per heavy atom. The first-order chi connectivity index (χ1) is 10.4. The Morgan fingerprint density at radius 3 is 2.77 bits per heavy atom. The maximum atomic E-state index is 11.2. The number of carbonyl (C=O) groups is 1. The molecule has 0 heterocycles. The minimum atomic E-state index is -0.385. The third-order valence-corrected chi connectivity index (χ3v) is 7.34. The Bertz CT molecular complexity index is 471. The first kappa shape index (κ1) is 16.2. The zero-order valence-corrected chi connectivity index (χ0v) is 13.9. The van der Waals surface area contributed by atoms with Crippen molar-refractivity contribution in [3.63, 3.8) is 0 Å². The second-order valence-corrected chi connectivity index (χ2v) is 8.48. The molecule has 3 heteroatoms. The van der Waals surface area contributed by atoms with Crippen molar-refractivity contribution in [3.8, 4) is 0 Å². The largest absolute Gasteiger partial charge is 0.396 e. The van der Waals surface area contributed by atoms with Crippen LogP contribution in [0.2, 0.25) is 0 Å². The van der Waals surface area contributed by atoms with Gasteiger partial charge >= 0.3 is 0 Å². The molecule has 2 fully saturated rings. The van der Waals surface area contributed by atoms with Gasteiger partial charge in [-0.25, -0.2) is 0 Å². The molecule has 3 aliphatic carbocycles. The first-order valence-corrected chi connectivity index (χ1v) is 8.88. The van der Waals surface area contributed by atoms with E-state index in [0.29, 0.717) is 24.2 Å². The topological polar surface area (TPSA) is 57.5 Å². The van der Waals surface area contributed by atoms with Gasteiger partial charge in [-0.3, -0.25) is 4.79 Å². The van der Waals surface area contributed by atoms with E-state index in [1.54, 1.807) is 0 Å². The lowest BCUT2D eigenvalue weighted by Gasteiger charge is -2.60. The summed E-state index contributed by atoms with van der Waals surface area (Å²) >= 11 is 0. The Morgan fingerprint density at radius 2 is 2.09 bits per heavy atom. The predicted molar refractivity (Wildman–Crippen MR) is 86.2 cm³/mol. The van der Waals surface area contributed by atoms with E-state index in [1.807, 2.05) is 0 Å². The number of carbonyl (C=O) groups excluding carboxylic acids is 1. The van der Waals surface area contributed by atoms with Crippen molar-refractivity contribution in [2.75, 3.05) is 6.61 Å². The van der Waals surface area contributed by atoms with E-state index in [2.05, 4.69) is 19.9 Å². The summed E-state index contributed by atoms with van der Waals surface area (Å²) in [6, 6.07) is 0. The highest BCUT2D eigenvalue weighted by molar-refractivity contribution is 5.73. The Balaban J connectivity index is 1.95. The number of aldehydes is 1. The van der Waals surface area contributed by atoms with Crippen LogP contribution in [0.4, 0.5) is 0 Å². The lowest BCUT2D eigenvalue weighted by Crippen LogP contribution is -2.54. The van der Waals surface area contributed by atoms with Gasteiger partial charge in [0.25, 0.3) is 0 Å². The van der Waals surface area contributed by atoms with E-state index in [0.717, 1.165) is 44.0 Å². The van der Waals surface area contributed by atoms with Crippen LogP contribution < -0.4 is 0 Å². The fourth-order valence-electron chi connectivity index (χ4n) is 6.13. The molecule has 0 spiro atoms. The summed E-state index contributed by atoms with van der Waals surface area (Å²) in [7, 11) is 0. The molecular formula is C19H30O3. The van der Waals surface area contributed by atoms with Crippen LogP contribution in [-0.4, -0.2) is 29.2 Å². The molecule has 0 aromatic rings. The normalized spacial score (nSPS) is 48.6. The van der Waals surface area contributed by atoms with Gasteiger partial charge in [-0.15, -0.1) is 0 Å². The smallest absolute Gasteiger partial charge is 0.145 e. The van der Waals surface area contributed by atoms with Crippen LogP contribution in [0.1, 0.15) is 58.8 Å². The molecule has 0 aliphatic heterocycles. The maximum absolute atomic E-state index is 11.2. The van der Waals surface area contributed by atoms with Gasteiger partial charge < -0.3 is 10.2 Å². The molecule has 6 atom stereocenters. The molecule has 0 saturated heterocycles. The van der Waals surface area contributed by atoms with Gasteiger partial charge in [0.1, 0.15) is 6.29 Å². The number of rotatable bonds is 2. The second-order valence-electron chi connectivity index (χ2n) is 8.48. The average molecular weight is 306 g/mol. The average Bonchev–Trinajstić information content (AvgIpc) is 2.67. The fourth-order valence-corrected chi connectivity index (χ4v) is 6.13. The van der Waals surface area contributed by atoms with Crippen molar-refractivity contribution in [2.24, 2.45) is 28.6 Å². The van der Waals surface area contributed by atoms with Crippen LogP contribution in [0.5, 0.6) is 0 Å². The van der Waals surface area contributed by atoms with E-state index >= 15 is 0 Å². The molecule has 3 nitrogen and oxygen atoms in total. The molecule has 0 aromatic heterocycles. The number of hydrogen-bond donors (Lipinski definition) is 2. The van der Waals surface area contributed by atoms with Gasteiger partial charge in [-0.2, -0.15) is 0 Å². The SMILES string of the molecule is CC1(CO)CCCC2(C)C3CC=C(C=O)CC(O)C3CCC12. The van der Waals surface area contributed by atoms with E-state index < -0.39 is 0 Å². The molecule has 2 saturated carbocycles. The lowest BCUT2D eigenvalue weighted by molar-refractivity contribution is -0.135. The van der Waals surface area contributed by atoms with E-state index in [9.17, 15) is 15.0 Å². The number of allylic oxidation sites excluding steroid dienone is 1. The molecule has 3 aliphatic rings. The van der Waals surface area contributed by atoms with Crippen LogP contribution in [0.25, 0.3) is 0 Å². The van der Waals surface area contributed by atoms with Gasteiger partial charge in [0.2, 0.25) is 0 Å². The second kappa shape index (κ2) is 5.76. The van der Waals surface area contributed by atoms with E-state index in [4.69, 9.17) is 0 Å². The quantitative estimate of drug-likeness (QED) is 0.771. The van der Waals surface area contributed by atoms with Gasteiger partial charge in [0.05, 0.1) is 6.10 Å². The number of hydrogen-bond acceptors (Lipinski definition) is 3. The van der Waals surface area contributed by atoms with Crippen LogP contribution >= 0.6 is 0 Å². The van der Waals surface area contributed by atoms with Crippen LogP contribution in [0, 0.1) is 28.6 Å². The fraction of sp³-hybridized carbons (Fsp3) is 0.842. The summed E-state index contributed by atoms with van der Waals surface area (Å²) in [5.41, 5.74) is 0.962. The van der Waals surface area contributed by atoms with Crippen molar-refractivity contribution >= 4 is 6.29 Å². The molecule has 22 heavy (non-hydrogen) atoms. The number of fused-ring (bicyclic) bond motifs is 3. The summed E-state index contributed by atoms with van der Waals surface area (Å²) < 4.78 is 0. The Labute approximate surface area is 133 Å². The molecule has 0 aromatic carbocycles. The molecule has 0 bridgehead atoms. The van der Waals surface area contributed by atoms with Crippen molar-refractivity contribution in [1.82, 2.24) is 0 Å². The molecule has 0 radical (unpaired) electrons. The van der Waals surface area contributed by atoms with Gasteiger partial charge in [-0.05, 0) is 66.3 Å². The summed E-state index contributed by atoms with van der Waals surface area (Å²) in [6.07, 6.45) is 9.61. The first-order valence-electron chi connectivity index (χ1n) is 8.88. The molecular weight excluding hydrogens is 276 g/mol. The summed E-state index contributed by atoms with van der Waals surface area (Å²) in [6.45, 7) is 4.89. The van der Waals surface area contributed by atoms with Gasteiger partial charge in [0.15, 0.2) is 0 Å². The minimum absolute atomic E-state index is 0.0203. The van der Waals surface area contributed by atoms with Crippen molar-refractivity contribution < 1.29 is 15.0 Å². The third kappa shape index (κ3) is 2.37. The predicted octanol–water partition coefficient (Wildman–Crippen LogP) is 3.10. The molecule has 124 valence electrons. The van der Waals surface area contributed by atoms with Gasteiger partial charge in [0, 0.05) is 13.0 Å². The Hall–Kier alpha value is -0.670. The Kier molecular flexibility index (Phi) is 4.24. The van der Waals surface area contributed by atoms with E-state index in [1.165, 1.54) is 6.42 Å². The van der Waals surface area contributed by atoms with Crippen molar-refractivity contribution in [2.45, 2.75) is 64.9 Å². The van der Waals surface area contributed by atoms with E-state index in [-0.39, 0.29) is 23.5 Å². The summed E-state index contributed by atoms with van der Waals surface area (Å²) in [4.78, 5) is 11.2. The van der Waals surface area contributed by atoms with Crippen molar-refractivity contribution in [1.29, 1.82) is 0 Å². The monoisotopic (exact) mass is 306 g/mol. The maximum Gasteiger partial charge on any atom is 0.145 e. The number of aliphatic hydroxyl groups excluding tert-OH is 2. The van der Waals surface area contributed by atoms with Crippen LogP contribution in [-0.2, 0) is 4.79 Å². The molecule has 0 amide bonds. The molecule has 6 unspecified atom stereocenters. The van der Waals surface area contributed by atoms with Crippen LogP contribution in [0.15, 0.2) is 11.6 Å². The highest BCUT2D eigenvalue weighted by atomic mass is 16.3. The highest BCUT2D eigenvalue weighted by Gasteiger charge is 2.56. The third-order valence-electron chi connectivity index (χ3n) is 7.34. The highest BCUT2D eigenvalue weighted by Crippen LogP contribution is 2.63. The minimum Gasteiger partial charge on any atom is -0.396 e. The van der Waals surface area contributed by atoms with Crippen LogP contribution in [0.3, 0.4) is 0 Å². The summed E-state index contributed by atoms with van der Waals surface area (Å²) in [5, 5.41) is 20.6. The molecule has 2 N–H and O–H groups in total. The summed E-state index contributed by atoms with van der Waals surface area (Å²) in [5.74, 6) is 1.26. The van der Waals surface area contributed by atoms with Crippen molar-refractivity contribution in [3.05, 3.63) is 11.6 Å². The zero-order chi connectivity index (χ0) is 16.0. The standard InChI is InChI=1S/C19H30O3/c1-18(12-21)8-3-9-19(2)15-6-4-13(11-20)10-16(22)14(15)5-7-17(18)19/h4,11,14-17,21-22H,3,5-10,12H2,1-2H3. The van der Waals surface area contributed by atoms with Gasteiger partial charge in [-0.1, -0.05) is 26.3 Å². The lowest BCUT2D eigenvalue weighted by atomic mass is 9.45.